The van der Waals surface area contributed by atoms with Crippen molar-refractivity contribution < 1.29 is 0 Å². The fourth-order valence-electron chi connectivity index (χ4n) is 0.541. The number of hydrogen-bond donors (Lipinski definition) is 1. The maximum atomic E-state index is 8.27. The zero-order chi connectivity index (χ0) is 7.82. The van der Waals surface area contributed by atoms with Gasteiger partial charge in [-0.2, -0.15) is 17.9 Å². The first-order valence-corrected chi connectivity index (χ1v) is 3.51. The van der Waals surface area contributed by atoms with Crippen molar-refractivity contribution in [2.24, 2.45) is 0 Å². The van der Waals surface area contributed by atoms with Crippen LogP contribution in [0.4, 0.5) is 0 Å². The third kappa shape index (κ3) is 4.20. The van der Waals surface area contributed by atoms with Gasteiger partial charge in [-0.05, 0) is 0 Å². The molecule has 0 heterocycles. The molecule has 0 aromatic rings. The molecule has 0 saturated carbocycles. The maximum absolute atomic E-state index is 8.27. The zero-order valence-corrected chi connectivity index (χ0v) is 6.51. The average molecular weight is 155 g/mol. The van der Waals surface area contributed by atoms with Gasteiger partial charge in [0.1, 0.15) is 0 Å². The normalized spacial score (nSPS) is 8.80. The first-order chi connectivity index (χ1) is 4.85. The van der Waals surface area contributed by atoms with E-state index in [2.05, 4.69) is 17.5 Å². The summed E-state index contributed by atoms with van der Waals surface area (Å²) < 4.78 is 0. The SMILES string of the molecule is [C-]#[N+]CN(CC#N)CCS. The van der Waals surface area contributed by atoms with Crippen molar-refractivity contribution in [3.63, 3.8) is 0 Å². The van der Waals surface area contributed by atoms with Crippen LogP contribution in [0, 0.1) is 17.9 Å². The van der Waals surface area contributed by atoms with Crippen LogP contribution in [0.3, 0.4) is 0 Å². The van der Waals surface area contributed by atoms with Crippen LogP contribution in [-0.4, -0.2) is 30.4 Å². The highest BCUT2D eigenvalue weighted by atomic mass is 32.1. The van der Waals surface area contributed by atoms with E-state index in [-0.39, 0.29) is 0 Å². The molecule has 0 aromatic heterocycles. The van der Waals surface area contributed by atoms with Gasteiger partial charge >= 0.3 is 0 Å². The highest BCUT2D eigenvalue weighted by Gasteiger charge is 2.02. The lowest BCUT2D eigenvalue weighted by Crippen LogP contribution is -2.25. The van der Waals surface area contributed by atoms with Crippen LogP contribution in [-0.2, 0) is 0 Å². The van der Waals surface area contributed by atoms with Crippen molar-refractivity contribution >= 4 is 12.6 Å². The molecule has 4 heteroatoms. The Morgan fingerprint density at radius 1 is 1.70 bits per heavy atom. The van der Waals surface area contributed by atoms with E-state index in [0.29, 0.717) is 25.5 Å². The molecular formula is C6H9N3S. The lowest BCUT2D eigenvalue weighted by molar-refractivity contribution is 0.360. The second-order valence-electron chi connectivity index (χ2n) is 1.73. The number of nitrogens with zero attached hydrogens (tertiary/aromatic N) is 3. The number of rotatable bonds is 4. The van der Waals surface area contributed by atoms with Gasteiger partial charge < -0.3 is 0 Å². The van der Waals surface area contributed by atoms with Crippen molar-refractivity contribution in [2.75, 3.05) is 25.5 Å². The van der Waals surface area contributed by atoms with E-state index in [1.807, 2.05) is 6.07 Å². The first-order valence-electron chi connectivity index (χ1n) is 2.88. The van der Waals surface area contributed by atoms with E-state index in [4.69, 9.17) is 11.8 Å². The summed E-state index contributed by atoms with van der Waals surface area (Å²) in [6.07, 6.45) is 0. The molecule has 0 N–H and O–H groups in total. The molecule has 54 valence electrons. The molecule has 0 aliphatic carbocycles. The third-order valence-corrected chi connectivity index (χ3v) is 1.18. The first kappa shape index (κ1) is 9.29. The van der Waals surface area contributed by atoms with Crippen LogP contribution in [0.2, 0.25) is 0 Å². The van der Waals surface area contributed by atoms with Gasteiger partial charge in [0.05, 0.1) is 12.6 Å². The van der Waals surface area contributed by atoms with Crippen LogP contribution in [0.25, 0.3) is 4.85 Å². The van der Waals surface area contributed by atoms with Crippen molar-refractivity contribution in [1.29, 1.82) is 5.26 Å². The molecule has 0 rings (SSSR count). The molecule has 0 saturated heterocycles. The summed E-state index contributed by atoms with van der Waals surface area (Å²) in [5.74, 6) is 0.692. The predicted octanol–water partition coefficient (Wildman–Crippen LogP) is 0.619. The summed E-state index contributed by atoms with van der Waals surface area (Å²) in [4.78, 5) is 4.91. The summed E-state index contributed by atoms with van der Waals surface area (Å²) in [6.45, 7) is 7.87. The van der Waals surface area contributed by atoms with Crippen LogP contribution >= 0.6 is 12.6 Å². The van der Waals surface area contributed by atoms with Gasteiger partial charge in [-0.15, -0.1) is 0 Å². The highest BCUT2D eigenvalue weighted by Crippen LogP contribution is 1.88. The topological polar surface area (TPSA) is 31.4 Å². The minimum absolute atomic E-state index is 0.300. The zero-order valence-electron chi connectivity index (χ0n) is 5.62. The van der Waals surface area contributed by atoms with Gasteiger partial charge in [0.25, 0.3) is 6.67 Å². The molecule has 0 aromatic carbocycles. The molecule has 3 nitrogen and oxygen atoms in total. The average Bonchev–Trinajstić information content (AvgIpc) is 1.90. The van der Waals surface area contributed by atoms with Crippen molar-refractivity contribution in [3.05, 3.63) is 11.4 Å². The van der Waals surface area contributed by atoms with Crippen molar-refractivity contribution in [3.8, 4) is 6.07 Å². The summed E-state index contributed by atoms with van der Waals surface area (Å²) in [5.41, 5.74) is 0. The van der Waals surface area contributed by atoms with Crippen LogP contribution in [0.5, 0.6) is 0 Å². The lowest BCUT2D eigenvalue weighted by atomic mass is 10.5. The Kier molecular flexibility index (Phi) is 5.96. The second-order valence-corrected chi connectivity index (χ2v) is 2.18. The lowest BCUT2D eigenvalue weighted by Gasteiger charge is -2.08. The molecule has 0 aliphatic heterocycles. The van der Waals surface area contributed by atoms with Crippen molar-refractivity contribution in [2.45, 2.75) is 0 Å². The molecule has 0 atom stereocenters. The molecule has 0 aliphatic rings. The van der Waals surface area contributed by atoms with E-state index in [9.17, 15) is 0 Å². The Morgan fingerprint density at radius 2 is 2.40 bits per heavy atom. The monoisotopic (exact) mass is 155 g/mol. The Labute approximate surface area is 66.5 Å². The van der Waals surface area contributed by atoms with Gasteiger partial charge in [0, 0.05) is 12.3 Å². The van der Waals surface area contributed by atoms with E-state index < -0.39 is 0 Å². The van der Waals surface area contributed by atoms with Gasteiger partial charge in [-0.1, -0.05) is 0 Å². The molecule has 0 fully saturated rings. The molecule has 0 bridgehead atoms. The van der Waals surface area contributed by atoms with E-state index >= 15 is 0 Å². The summed E-state index contributed by atoms with van der Waals surface area (Å²) in [5, 5.41) is 8.27. The van der Waals surface area contributed by atoms with Crippen molar-refractivity contribution in [1.82, 2.24) is 4.90 Å². The smallest absolute Gasteiger partial charge is 0.271 e. The highest BCUT2D eigenvalue weighted by molar-refractivity contribution is 7.80. The fourth-order valence-corrected chi connectivity index (χ4v) is 0.824. The summed E-state index contributed by atoms with van der Waals surface area (Å²) in [7, 11) is 0. The standard InChI is InChI=1S/C6H9N3S/c1-8-6-9(3-2-7)4-5-10/h10H,3-6H2. The van der Waals surface area contributed by atoms with Gasteiger partial charge in [0.15, 0.2) is 0 Å². The predicted molar refractivity (Wildman–Crippen MR) is 42.5 cm³/mol. The second kappa shape index (κ2) is 6.41. The Bertz CT molecular complexity index is 139. The minimum Gasteiger partial charge on any atom is -0.299 e. The third-order valence-electron chi connectivity index (χ3n) is 0.981. The van der Waals surface area contributed by atoms with E-state index in [0.717, 1.165) is 0 Å². The summed E-state index contributed by atoms with van der Waals surface area (Å²) in [6, 6.07) is 1.99. The molecule has 0 unspecified atom stereocenters. The summed E-state index contributed by atoms with van der Waals surface area (Å²) >= 11 is 3.99. The van der Waals surface area contributed by atoms with Gasteiger partial charge in [-0.3, -0.25) is 4.85 Å². The van der Waals surface area contributed by atoms with Crippen LogP contribution in [0.1, 0.15) is 0 Å². The number of thiol groups is 1. The largest absolute Gasteiger partial charge is 0.299 e. The molecule has 0 spiro atoms. The molecule has 0 amide bonds. The molecular weight excluding hydrogens is 146 g/mol. The van der Waals surface area contributed by atoms with Gasteiger partial charge in [0.2, 0.25) is 0 Å². The molecule has 10 heavy (non-hydrogen) atoms. The van der Waals surface area contributed by atoms with Gasteiger partial charge in [-0.25, -0.2) is 11.5 Å². The Balaban J connectivity index is 3.54. The minimum atomic E-state index is 0.300. The number of nitriles is 1. The Hall–Kier alpha value is -0.710. The van der Waals surface area contributed by atoms with Crippen LogP contribution in [0.15, 0.2) is 0 Å². The van der Waals surface area contributed by atoms with E-state index in [1.54, 1.807) is 4.90 Å². The van der Waals surface area contributed by atoms with Crippen LogP contribution < -0.4 is 0 Å². The Morgan fingerprint density at radius 3 is 2.80 bits per heavy atom. The van der Waals surface area contributed by atoms with E-state index in [1.165, 1.54) is 0 Å². The molecule has 0 radical (unpaired) electrons. The maximum Gasteiger partial charge on any atom is 0.271 e. The fraction of sp³-hybridized carbons (Fsp3) is 0.667. The quantitative estimate of drug-likeness (QED) is 0.366. The number of hydrogen-bond acceptors (Lipinski definition) is 3.